The standard InChI is InChI=1S/C18H27N3O3.ClH/c1-21(2)18(23)13-6-4-12(5-7-13)11-20-17(22)14-8-9-16(24-3)15(19)10-14;/h4-7,14-16H,8-11,19H2,1-3H3,(H,20,22);1H/t14-,15+,16+;/m0./s1. The van der Waals surface area contributed by atoms with Gasteiger partial charge in [0, 0.05) is 45.3 Å². The summed E-state index contributed by atoms with van der Waals surface area (Å²) in [4.78, 5) is 25.7. The van der Waals surface area contributed by atoms with Crippen molar-refractivity contribution in [3.8, 4) is 0 Å². The summed E-state index contributed by atoms with van der Waals surface area (Å²) in [6.45, 7) is 0.453. The molecule has 1 aliphatic rings. The number of hydrogen-bond donors (Lipinski definition) is 2. The minimum atomic E-state index is -0.0872. The van der Waals surface area contributed by atoms with Crippen molar-refractivity contribution in [2.75, 3.05) is 21.2 Å². The zero-order valence-corrected chi connectivity index (χ0v) is 15.8. The van der Waals surface area contributed by atoms with Crippen LogP contribution in [0.4, 0.5) is 0 Å². The summed E-state index contributed by atoms with van der Waals surface area (Å²) in [7, 11) is 5.11. The van der Waals surface area contributed by atoms with Gasteiger partial charge in [0.1, 0.15) is 0 Å². The molecule has 25 heavy (non-hydrogen) atoms. The van der Waals surface area contributed by atoms with Gasteiger partial charge in [0.2, 0.25) is 5.91 Å². The van der Waals surface area contributed by atoms with Crippen molar-refractivity contribution >= 4 is 24.2 Å². The first-order valence-corrected chi connectivity index (χ1v) is 8.29. The number of nitrogens with zero attached hydrogens (tertiary/aromatic N) is 1. The van der Waals surface area contributed by atoms with E-state index in [4.69, 9.17) is 10.5 Å². The van der Waals surface area contributed by atoms with Gasteiger partial charge in [0.15, 0.2) is 0 Å². The average Bonchev–Trinajstić information content (AvgIpc) is 2.59. The molecule has 0 aliphatic heterocycles. The van der Waals surface area contributed by atoms with Crippen molar-refractivity contribution in [2.24, 2.45) is 11.7 Å². The third kappa shape index (κ3) is 5.70. The quantitative estimate of drug-likeness (QED) is 0.825. The average molecular weight is 370 g/mol. The fourth-order valence-electron chi connectivity index (χ4n) is 3.07. The lowest BCUT2D eigenvalue weighted by Crippen LogP contribution is -2.45. The Labute approximate surface area is 155 Å². The number of carbonyl (C=O) groups is 2. The summed E-state index contributed by atoms with van der Waals surface area (Å²) in [6.07, 6.45) is 2.32. The molecule has 0 saturated heterocycles. The Kier molecular flexibility index (Phi) is 8.35. The van der Waals surface area contributed by atoms with E-state index in [1.165, 1.54) is 4.90 Å². The van der Waals surface area contributed by atoms with E-state index in [-0.39, 0.29) is 42.3 Å². The summed E-state index contributed by atoms with van der Waals surface area (Å²) in [6, 6.07) is 7.21. The van der Waals surface area contributed by atoms with Crippen molar-refractivity contribution in [3.05, 3.63) is 35.4 Å². The molecule has 7 heteroatoms. The smallest absolute Gasteiger partial charge is 0.253 e. The number of ether oxygens (including phenoxy) is 1. The van der Waals surface area contributed by atoms with Gasteiger partial charge in [0.25, 0.3) is 5.91 Å². The van der Waals surface area contributed by atoms with Gasteiger partial charge >= 0.3 is 0 Å². The molecule has 0 unspecified atom stereocenters. The number of hydrogen-bond acceptors (Lipinski definition) is 4. The minimum Gasteiger partial charge on any atom is -0.380 e. The molecule has 1 saturated carbocycles. The summed E-state index contributed by atoms with van der Waals surface area (Å²) < 4.78 is 5.32. The lowest BCUT2D eigenvalue weighted by molar-refractivity contribution is -0.127. The highest BCUT2D eigenvalue weighted by molar-refractivity contribution is 5.93. The number of halogens is 1. The molecule has 0 aromatic heterocycles. The van der Waals surface area contributed by atoms with E-state index in [0.717, 1.165) is 18.4 Å². The van der Waals surface area contributed by atoms with Crippen LogP contribution in [-0.2, 0) is 16.1 Å². The lowest BCUT2D eigenvalue weighted by Gasteiger charge is -2.32. The molecular weight excluding hydrogens is 342 g/mol. The zero-order chi connectivity index (χ0) is 17.7. The summed E-state index contributed by atoms with van der Waals surface area (Å²) in [5, 5.41) is 2.96. The Morgan fingerprint density at radius 1 is 1.24 bits per heavy atom. The molecule has 140 valence electrons. The summed E-state index contributed by atoms with van der Waals surface area (Å²) in [5.74, 6) is -0.0519. The van der Waals surface area contributed by atoms with Crippen LogP contribution in [0.2, 0.25) is 0 Å². The van der Waals surface area contributed by atoms with Crippen LogP contribution in [0.1, 0.15) is 35.2 Å². The maximum Gasteiger partial charge on any atom is 0.253 e. The van der Waals surface area contributed by atoms with Crippen molar-refractivity contribution in [3.63, 3.8) is 0 Å². The molecule has 2 rings (SSSR count). The highest BCUT2D eigenvalue weighted by Crippen LogP contribution is 2.25. The van der Waals surface area contributed by atoms with Gasteiger partial charge in [0.05, 0.1) is 6.10 Å². The monoisotopic (exact) mass is 369 g/mol. The predicted octanol–water partition coefficient (Wildman–Crippen LogP) is 1.57. The SMILES string of the molecule is CO[C@@H]1CC[C@H](C(=O)NCc2ccc(C(=O)N(C)C)cc2)C[C@H]1N.Cl. The van der Waals surface area contributed by atoms with E-state index in [1.54, 1.807) is 33.3 Å². The molecule has 1 fully saturated rings. The van der Waals surface area contributed by atoms with Gasteiger partial charge < -0.3 is 20.7 Å². The number of rotatable bonds is 5. The van der Waals surface area contributed by atoms with Gasteiger partial charge in [-0.25, -0.2) is 0 Å². The topological polar surface area (TPSA) is 84.7 Å². The van der Waals surface area contributed by atoms with Crippen LogP contribution >= 0.6 is 12.4 Å². The van der Waals surface area contributed by atoms with E-state index in [0.29, 0.717) is 18.5 Å². The Balaban J connectivity index is 0.00000312. The first-order valence-electron chi connectivity index (χ1n) is 8.29. The molecule has 0 heterocycles. The van der Waals surface area contributed by atoms with Crippen LogP contribution in [0.5, 0.6) is 0 Å². The number of carbonyl (C=O) groups excluding carboxylic acids is 2. The summed E-state index contributed by atoms with van der Waals surface area (Å²) >= 11 is 0. The third-order valence-electron chi connectivity index (χ3n) is 4.58. The third-order valence-corrected chi connectivity index (χ3v) is 4.58. The highest BCUT2D eigenvalue weighted by Gasteiger charge is 2.31. The first-order chi connectivity index (χ1) is 11.4. The van der Waals surface area contributed by atoms with Gasteiger partial charge in [-0.3, -0.25) is 9.59 Å². The number of nitrogens with one attached hydrogen (secondary N) is 1. The summed E-state index contributed by atoms with van der Waals surface area (Å²) in [5.41, 5.74) is 7.66. The molecule has 0 radical (unpaired) electrons. The fraction of sp³-hybridized carbons (Fsp3) is 0.556. The van der Waals surface area contributed by atoms with Crippen molar-refractivity contribution < 1.29 is 14.3 Å². The molecule has 1 aromatic rings. The molecular formula is C18H28ClN3O3. The van der Waals surface area contributed by atoms with Crippen LogP contribution in [0, 0.1) is 5.92 Å². The van der Waals surface area contributed by atoms with Gasteiger partial charge in [-0.2, -0.15) is 0 Å². The van der Waals surface area contributed by atoms with E-state index in [1.807, 2.05) is 12.1 Å². The van der Waals surface area contributed by atoms with E-state index in [2.05, 4.69) is 5.32 Å². The number of benzene rings is 1. The van der Waals surface area contributed by atoms with E-state index < -0.39 is 0 Å². The van der Waals surface area contributed by atoms with E-state index in [9.17, 15) is 9.59 Å². The Bertz CT molecular complexity index is 577. The van der Waals surface area contributed by atoms with Crippen LogP contribution in [0.15, 0.2) is 24.3 Å². The Hall–Kier alpha value is -1.63. The molecule has 1 aromatic carbocycles. The fourth-order valence-corrected chi connectivity index (χ4v) is 3.07. The minimum absolute atomic E-state index is 0. The number of nitrogens with two attached hydrogens (primary N) is 1. The number of methoxy groups -OCH3 is 1. The predicted molar refractivity (Wildman–Crippen MR) is 99.7 cm³/mol. The molecule has 0 spiro atoms. The Morgan fingerprint density at radius 2 is 1.88 bits per heavy atom. The van der Waals surface area contributed by atoms with E-state index >= 15 is 0 Å². The second kappa shape index (κ2) is 9.75. The van der Waals surface area contributed by atoms with Crippen molar-refractivity contribution in [1.29, 1.82) is 0 Å². The number of amides is 2. The van der Waals surface area contributed by atoms with Crippen LogP contribution < -0.4 is 11.1 Å². The first kappa shape index (κ1) is 21.4. The van der Waals surface area contributed by atoms with Crippen LogP contribution in [-0.4, -0.2) is 50.1 Å². The molecule has 3 atom stereocenters. The largest absolute Gasteiger partial charge is 0.380 e. The van der Waals surface area contributed by atoms with Crippen molar-refractivity contribution in [1.82, 2.24) is 10.2 Å². The highest BCUT2D eigenvalue weighted by atomic mass is 35.5. The van der Waals surface area contributed by atoms with Gasteiger partial charge in [-0.05, 0) is 37.0 Å². The second-order valence-corrected chi connectivity index (χ2v) is 6.56. The van der Waals surface area contributed by atoms with Gasteiger partial charge in [-0.1, -0.05) is 12.1 Å². The normalized spacial score (nSPS) is 22.6. The van der Waals surface area contributed by atoms with Crippen LogP contribution in [0.3, 0.4) is 0 Å². The maximum atomic E-state index is 12.3. The Morgan fingerprint density at radius 3 is 2.40 bits per heavy atom. The van der Waals surface area contributed by atoms with Crippen LogP contribution in [0.25, 0.3) is 0 Å². The molecule has 3 N–H and O–H groups in total. The molecule has 1 aliphatic carbocycles. The second-order valence-electron chi connectivity index (χ2n) is 6.56. The molecule has 2 amide bonds. The molecule has 0 bridgehead atoms. The lowest BCUT2D eigenvalue weighted by atomic mass is 9.83. The van der Waals surface area contributed by atoms with Crippen molar-refractivity contribution in [2.45, 2.75) is 38.0 Å². The molecule has 6 nitrogen and oxygen atoms in total. The van der Waals surface area contributed by atoms with Gasteiger partial charge in [-0.15, -0.1) is 12.4 Å². The maximum absolute atomic E-state index is 12.3. The zero-order valence-electron chi connectivity index (χ0n) is 15.0.